The minimum absolute atomic E-state index is 0.0749. The Morgan fingerprint density at radius 2 is 1.65 bits per heavy atom. The minimum Gasteiger partial charge on any atom is -0.448 e. The fraction of sp³-hybridized carbons (Fsp3) is 0.536. The number of alkyl carbamates (subject to hydrolysis) is 1. The molecule has 0 aliphatic carbocycles. The maximum Gasteiger partial charge on any atom is 0.480 e. The lowest BCUT2D eigenvalue weighted by molar-refractivity contribution is -0.125. The Morgan fingerprint density at radius 1 is 1.00 bits per heavy atom. The van der Waals surface area contributed by atoms with Crippen LogP contribution in [0.25, 0.3) is 0 Å². The van der Waals surface area contributed by atoms with Crippen LogP contribution in [-0.4, -0.2) is 110 Å². The SMILES string of the molecule is CC(C)C[C@H](NC(=O)[C@H](CC(=O)c1cnccn1)Cc1ccccc1)B1OCCN(CCOC(=O)NC(P(=O)(O)O)P(=O)(O)O)CCO1. The average Bonchev–Trinajstić information content (AvgIpc) is 2.99. The summed E-state index contributed by atoms with van der Waals surface area (Å²) in [4.78, 5) is 85.2. The summed E-state index contributed by atoms with van der Waals surface area (Å²) in [5.41, 5.74) is -1.64. The molecule has 1 aromatic carbocycles. The predicted molar refractivity (Wildman–Crippen MR) is 172 cm³/mol. The Balaban J connectivity index is 1.58. The maximum absolute atomic E-state index is 13.8. The van der Waals surface area contributed by atoms with Gasteiger partial charge in [-0.2, -0.15) is 0 Å². The molecule has 0 radical (unpaired) electrons. The van der Waals surface area contributed by atoms with Crippen molar-refractivity contribution >= 4 is 40.1 Å². The zero-order valence-electron chi connectivity index (χ0n) is 26.7. The van der Waals surface area contributed by atoms with E-state index in [0.29, 0.717) is 25.9 Å². The molecule has 17 nitrogen and oxygen atoms in total. The normalized spacial score (nSPS) is 16.1. The Morgan fingerprint density at radius 3 is 2.21 bits per heavy atom. The molecule has 264 valence electrons. The lowest BCUT2D eigenvalue weighted by Crippen LogP contribution is -2.54. The second-order valence-electron chi connectivity index (χ2n) is 11.6. The van der Waals surface area contributed by atoms with Crippen LogP contribution >= 0.6 is 15.2 Å². The summed E-state index contributed by atoms with van der Waals surface area (Å²) in [5.74, 6) is -1.69. The second kappa shape index (κ2) is 18.6. The van der Waals surface area contributed by atoms with Crippen LogP contribution in [0.2, 0.25) is 0 Å². The van der Waals surface area contributed by atoms with E-state index in [9.17, 15) is 23.5 Å². The number of carbonyl (C=O) groups excluding carboxylic acids is 3. The molecular weight excluding hydrogens is 671 g/mol. The molecule has 1 aliphatic heterocycles. The van der Waals surface area contributed by atoms with E-state index in [1.54, 1.807) is 0 Å². The van der Waals surface area contributed by atoms with Gasteiger partial charge in [-0.3, -0.25) is 33.9 Å². The van der Waals surface area contributed by atoms with Crippen LogP contribution < -0.4 is 10.6 Å². The van der Waals surface area contributed by atoms with Crippen molar-refractivity contribution in [1.29, 1.82) is 0 Å². The standard InChI is InChI=1S/C28H42BN5O12P2/c1-20(2)16-25(32-26(36)22(17-21-6-4-3-5-7-21)18-24(35)23-19-30-8-9-31-23)29-45-14-11-34(12-15-46-29)10-13-44-27(37)33-28(47(38,39)40)48(41,42)43/h3-9,19-20,22,25,28H,10-18H2,1-2H3,(H,32,36)(H,33,37)(H2,38,39,40)(H2,41,42,43)/t22-,25-/m0/s1. The van der Waals surface area contributed by atoms with Crippen LogP contribution in [0.4, 0.5) is 4.79 Å². The van der Waals surface area contributed by atoms with Crippen molar-refractivity contribution < 1.29 is 57.1 Å². The molecule has 0 bridgehead atoms. The number of rotatable bonds is 16. The molecule has 0 spiro atoms. The van der Waals surface area contributed by atoms with E-state index in [2.05, 4.69) is 15.3 Å². The Labute approximate surface area is 278 Å². The van der Waals surface area contributed by atoms with E-state index in [4.69, 9.17) is 33.6 Å². The van der Waals surface area contributed by atoms with Crippen LogP contribution in [0.5, 0.6) is 0 Å². The van der Waals surface area contributed by atoms with Crippen molar-refractivity contribution in [3.63, 3.8) is 0 Å². The number of amides is 2. The predicted octanol–water partition coefficient (Wildman–Crippen LogP) is 1.18. The molecular formula is C28H42BN5O12P2. The topological polar surface area (TPSA) is 247 Å². The highest BCUT2D eigenvalue weighted by Crippen LogP contribution is 2.58. The van der Waals surface area contributed by atoms with Gasteiger partial charge in [0.1, 0.15) is 12.3 Å². The third-order valence-electron chi connectivity index (χ3n) is 7.26. The summed E-state index contributed by atoms with van der Waals surface area (Å²) in [6.07, 6.45) is 3.64. The molecule has 0 unspecified atom stereocenters. The number of carbonyl (C=O) groups is 3. The number of nitrogens with zero attached hydrogens (tertiary/aromatic N) is 3. The molecule has 1 saturated heterocycles. The van der Waals surface area contributed by atoms with Crippen molar-refractivity contribution in [2.24, 2.45) is 11.8 Å². The van der Waals surface area contributed by atoms with Crippen molar-refractivity contribution in [2.45, 2.75) is 44.6 Å². The van der Waals surface area contributed by atoms with Gasteiger partial charge >= 0.3 is 28.4 Å². The van der Waals surface area contributed by atoms with E-state index < -0.39 is 45.8 Å². The summed E-state index contributed by atoms with van der Waals surface area (Å²) in [6, 6.07) is 9.39. The molecule has 1 aromatic heterocycles. The van der Waals surface area contributed by atoms with E-state index >= 15 is 0 Å². The molecule has 0 saturated carbocycles. The van der Waals surface area contributed by atoms with Gasteiger partial charge in [-0.1, -0.05) is 44.2 Å². The highest BCUT2D eigenvalue weighted by molar-refractivity contribution is 7.70. The third-order valence-corrected chi connectivity index (χ3v) is 10.6. The van der Waals surface area contributed by atoms with Crippen LogP contribution in [0.1, 0.15) is 42.7 Å². The van der Waals surface area contributed by atoms with Crippen LogP contribution in [0.15, 0.2) is 48.9 Å². The number of ketones is 1. The van der Waals surface area contributed by atoms with E-state index in [1.165, 1.54) is 23.9 Å². The molecule has 2 atom stereocenters. The monoisotopic (exact) mass is 713 g/mol. The first kappa shape index (κ1) is 39.4. The van der Waals surface area contributed by atoms with Gasteiger partial charge in [-0.15, -0.1) is 0 Å². The van der Waals surface area contributed by atoms with Gasteiger partial charge in [0.2, 0.25) is 11.4 Å². The number of aromatic nitrogens is 2. The molecule has 48 heavy (non-hydrogen) atoms. The quantitative estimate of drug-likeness (QED) is 0.0812. The van der Waals surface area contributed by atoms with E-state index in [0.717, 1.165) is 5.56 Å². The maximum atomic E-state index is 13.8. The summed E-state index contributed by atoms with van der Waals surface area (Å²) in [5, 5.41) is 4.60. The van der Waals surface area contributed by atoms with E-state index in [1.807, 2.05) is 49.1 Å². The zero-order valence-corrected chi connectivity index (χ0v) is 28.4. The molecule has 1 fully saturated rings. The van der Waals surface area contributed by atoms with Gasteiger partial charge in [-0.25, -0.2) is 9.78 Å². The summed E-state index contributed by atoms with van der Waals surface area (Å²) >= 11 is 0. The summed E-state index contributed by atoms with van der Waals surface area (Å²) in [7, 11) is -11.5. The lowest BCUT2D eigenvalue weighted by Gasteiger charge is -2.31. The molecule has 2 amide bonds. The van der Waals surface area contributed by atoms with Gasteiger partial charge in [0.25, 0.3) is 0 Å². The van der Waals surface area contributed by atoms with Gasteiger partial charge in [0.15, 0.2) is 5.78 Å². The molecule has 2 heterocycles. The van der Waals surface area contributed by atoms with Gasteiger partial charge in [-0.05, 0) is 24.3 Å². The van der Waals surface area contributed by atoms with Crippen LogP contribution in [0.3, 0.4) is 0 Å². The first-order valence-electron chi connectivity index (χ1n) is 15.3. The van der Waals surface area contributed by atoms with Gasteiger partial charge in [0.05, 0.1) is 12.1 Å². The molecule has 3 rings (SSSR count). The first-order valence-corrected chi connectivity index (χ1v) is 18.6. The van der Waals surface area contributed by atoms with Crippen LogP contribution in [0, 0.1) is 11.8 Å². The number of ether oxygens (including phenoxy) is 1. The van der Waals surface area contributed by atoms with Crippen molar-refractivity contribution in [2.75, 3.05) is 39.5 Å². The smallest absolute Gasteiger partial charge is 0.448 e. The Kier molecular flexibility index (Phi) is 15.3. The van der Waals surface area contributed by atoms with Crippen molar-refractivity contribution in [3.05, 3.63) is 60.2 Å². The number of hydrogen-bond acceptors (Lipinski definition) is 11. The van der Waals surface area contributed by atoms with Crippen molar-refractivity contribution in [3.8, 4) is 0 Å². The second-order valence-corrected chi connectivity index (χ2v) is 15.4. The fourth-order valence-electron chi connectivity index (χ4n) is 4.96. The highest BCUT2D eigenvalue weighted by Gasteiger charge is 2.45. The van der Waals surface area contributed by atoms with E-state index in [-0.39, 0.29) is 56.1 Å². The van der Waals surface area contributed by atoms with Gasteiger partial charge < -0.3 is 38.9 Å². The fourth-order valence-corrected chi connectivity index (χ4v) is 7.08. The number of hydrogen-bond donors (Lipinski definition) is 6. The number of nitrogens with one attached hydrogen (secondary N) is 2. The zero-order chi connectivity index (χ0) is 35.3. The molecule has 20 heteroatoms. The van der Waals surface area contributed by atoms with Gasteiger partial charge in [0, 0.05) is 57.6 Å². The first-order chi connectivity index (χ1) is 22.6. The lowest BCUT2D eigenvalue weighted by atomic mass is 9.73. The Hall–Kier alpha value is -3.05. The Bertz CT molecular complexity index is 1400. The molecule has 2 aromatic rings. The van der Waals surface area contributed by atoms with Crippen molar-refractivity contribution in [1.82, 2.24) is 25.5 Å². The minimum atomic E-state index is -5.36. The summed E-state index contributed by atoms with van der Waals surface area (Å²) < 4.78 is 39.6. The molecule has 6 N–H and O–H groups in total. The average molecular weight is 713 g/mol. The highest BCUT2D eigenvalue weighted by atomic mass is 31.2. The number of Topliss-reactive ketones (excluding diaryl/α,β-unsaturated/α-hetero) is 1. The van der Waals surface area contributed by atoms with Crippen LogP contribution in [-0.2, 0) is 34.4 Å². The largest absolute Gasteiger partial charge is 0.480 e. The summed E-state index contributed by atoms with van der Waals surface area (Å²) in [6.45, 7) is 5.02. The third kappa shape index (κ3) is 13.5. The number of benzene rings is 1. The molecule has 1 aliphatic rings.